The van der Waals surface area contributed by atoms with Crippen molar-refractivity contribution >= 4 is 5.91 Å². The van der Waals surface area contributed by atoms with E-state index >= 15 is 0 Å². The van der Waals surface area contributed by atoms with Crippen molar-refractivity contribution in [2.24, 2.45) is 0 Å². The first-order chi connectivity index (χ1) is 13.9. The van der Waals surface area contributed by atoms with Crippen molar-refractivity contribution in [1.82, 2.24) is 5.32 Å². The van der Waals surface area contributed by atoms with Gasteiger partial charge in [0.15, 0.2) is 11.5 Å². The van der Waals surface area contributed by atoms with Crippen molar-refractivity contribution in [1.29, 1.82) is 0 Å². The minimum atomic E-state index is -1.10. The average Bonchev–Trinajstić information content (AvgIpc) is 3.07. The number of benzene rings is 2. The Hall–Kier alpha value is -2.73. The van der Waals surface area contributed by atoms with E-state index in [0.717, 1.165) is 28.9 Å². The van der Waals surface area contributed by atoms with Crippen molar-refractivity contribution in [3.63, 3.8) is 0 Å². The van der Waals surface area contributed by atoms with Crippen LogP contribution in [0, 0.1) is 0 Å². The van der Waals surface area contributed by atoms with Crippen LogP contribution >= 0.6 is 0 Å². The largest absolute Gasteiger partial charge is 0.497 e. The number of nitrogens with one attached hydrogen (secondary N) is 1. The molecule has 0 spiro atoms. The van der Waals surface area contributed by atoms with E-state index in [2.05, 4.69) is 5.32 Å². The van der Waals surface area contributed by atoms with Crippen LogP contribution in [0.4, 0.5) is 0 Å². The molecule has 0 heterocycles. The summed E-state index contributed by atoms with van der Waals surface area (Å²) in [6.07, 6.45) is 1.62. The first-order valence-corrected chi connectivity index (χ1v) is 9.78. The van der Waals surface area contributed by atoms with Crippen molar-refractivity contribution in [3.8, 4) is 17.2 Å². The van der Waals surface area contributed by atoms with Gasteiger partial charge < -0.3 is 24.6 Å². The van der Waals surface area contributed by atoms with Gasteiger partial charge in [0.25, 0.3) is 0 Å². The normalized spacial score (nSPS) is 18.7. The second kappa shape index (κ2) is 8.74. The molecule has 0 aromatic heterocycles. The fourth-order valence-electron chi connectivity index (χ4n) is 3.87. The first kappa shape index (κ1) is 21.0. The lowest BCUT2D eigenvalue weighted by atomic mass is 9.94. The maximum absolute atomic E-state index is 12.5. The predicted molar refractivity (Wildman–Crippen MR) is 111 cm³/mol. The standard InChI is InChI=1S/C23H29NO5/c1-15(16-5-7-18(27-2)8-6-16)11-22(25)24-14-23(26)10-9-17-12-20(28-3)21(29-4)13-19(17)23/h5-8,12-13,15,26H,9-11,14H2,1-4H3,(H,24,25). The van der Waals surface area contributed by atoms with Gasteiger partial charge in [-0.05, 0) is 59.7 Å². The molecule has 0 saturated carbocycles. The van der Waals surface area contributed by atoms with E-state index < -0.39 is 5.60 Å². The first-order valence-electron chi connectivity index (χ1n) is 9.78. The summed E-state index contributed by atoms with van der Waals surface area (Å²) < 4.78 is 15.9. The molecule has 2 aromatic rings. The number of ether oxygens (including phenoxy) is 3. The SMILES string of the molecule is COc1ccc(C(C)CC(=O)NCC2(O)CCc3cc(OC)c(OC)cc32)cc1. The Morgan fingerprint density at radius 3 is 2.38 bits per heavy atom. The fourth-order valence-corrected chi connectivity index (χ4v) is 3.87. The number of carbonyl (C=O) groups is 1. The number of hydrogen-bond donors (Lipinski definition) is 2. The molecule has 2 atom stereocenters. The number of fused-ring (bicyclic) bond motifs is 1. The summed E-state index contributed by atoms with van der Waals surface area (Å²) in [4.78, 5) is 12.5. The lowest BCUT2D eigenvalue weighted by molar-refractivity contribution is -0.122. The molecular weight excluding hydrogens is 370 g/mol. The van der Waals surface area contributed by atoms with Crippen LogP contribution in [0.15, 0.2) is 36.4 Å². The third-order valence-corrected chi connectivity index (χ3v) is 5.67. The molecule has 2 aromatic carbocycles. The molecule has 0 bridgehead atoms. The Morgan fingerprint density at radius 2 is 1.76 bits per heavy atom. The molecule has 0 aliphatic heterocycles. The van der Waals surface area contributed by atoms with E-state index in [4.69, 9.17) is 14.2 Å². The Labute approximate surface area is 171 Å². The van der Waals surface area contributed by atoms with E-state index in [1.807, 2.05) is 43.3 Å². The van der Waals surface area contributed by atoms with Crippen LogP contribution < -0.4 is 19.5 Å². The van der Waals surface area contributed by atoms with Gasteiger partial charge in [-0.3, -0.25) is 4.79 Å². The Balaban J connectivity index is 1.63. The third kappa shape index (κ3) is 4.48. The van der Waals surface area contributed by atoms with Crippen molar-refractivity contribution < 1.29 is 24.1 Å². The maximum atomic E-state index is 12.5. The molecule has 1 aliphatic rings. The molecule has 2 unspecified atom stereocenters. The molecule has 0 fully saturated rings. The molecule has 29 heavy (non-hydrogen) atoms. The average molecular weight is 399 g/mol. The van der Waals surface area contributed by atoms with Gasteiger partial charge in [-0.1, -0.05) is 19.1 Å². The Morgan fingerprint density at radius 1 is 1.10 bits per heavy atom. The highest BCUT2D eigenvalue weighted by Crippen LogP contribution is 2.42. The van der Waals surface area contributed by atoms with Crippen molar-refractivity contribution in [2.75, 3.05) is 27.9 Å². The lowest BCUT2D eigenvalue weighted by Gasteiger charge is -2.25. The predicted octanol–water partition coefficient (Wildman–Crippen LogP) is 3.16. The number of rotatable bonds is 8. The summed E-state index contributed by atoms with van der Waals surface area (Å²) in [6.45, 7) is 2.18. The molecule has 1 aliphatic carbocycles. The molecule has 2 N–H and O–H groups in total. The number of hydrogen-bond acceptors (Lipinski definition) is 5. The maximum Gasteiger partial charge on any atom is 0.220 e. The highest BCUT2D eigenvalue weighted by molar-refractivity contribution is 5.77. The van der Waals surface area contributed by atoms with E-state index in [0.29, 0.717) is 24.3 Å². The van der Waals surface area contributed by atoms with Crippen LogP contribution in [0.1, 0.15) is 42.4 Å². The molecule has 0 saturated heterocycles. The summed E-state index contributed by atoms with van der Waals surface area (Å²) >= 11 is 0. The minimum absolute atomic E-state index is 0.0655. The number of aryl methyl sites for hydroxylation is 1. The van der Waals surface area contributed by atoms with E-state index in [9.17, 15) is 9.90 Å². The molecule has 3 rings (SSSR count). The monoisotopic (exact) mass is 399 g/mol. The van der Waals surface area contributed by atoms with Gasteiger partial charge in [-0.25, -0.2) is 0 Å². The fraction of sp³-hybridized carbons (Fsp3) is 0.435. The third-order valence-electron chi connectivity index (χ3n) is 5.67. The van der Waals surface area contributed by atoms with Gasteiger partial charge in [0.2, 0.25) is 5.91 Å². The van der Waals surface area contributed by atoms with Crippen LogP contribution in [0.2, 0.25) is 0 Å². The van der Waals surface area contributed by atoms with Gasteiger partial charge in [0.1, 0.15) is 11.4 Å². The Bertz CT molecular complexity index is 864. The quantitative estimate of drug-likeness (QED) is 0.713. The number of carbonyl (C=O) groups excluding carboxylic acids is 1. The number of aliphatic hydroxyl groups is 1. The number of amides is 1. The van der Waals surface area contributed by atoms with Crippen molar-refractivity contribution in [2.45, 2.75) is 37.7 Å². The van der Waals surface area contributed by atoms with Gasteiger partial charge in [0, 0.05) is 6.42 Å². The molecule has 0 radical (unpaired) electrons. The lowest BCUT2D eigenvalue weighted by Crippen LogP contribution is -2.39. The highest BCUT2D eigenvalue weighted by atomic mass is 16.5. The molecule has 156 valence electrons. The van der Waals surface area contributed by atoms with Gasteiger partial charge in [-0.2, -0.15) is 0 Å². The van der Waals surface area contributed by atoms with Gasteiger partial charge in [-0.15, -0.1) is 0 Å². The molecular formula is C23H29NO5. The van der Waals surface area contributed by atoms with E-state index in [1.54, 1.807) is 21.3 Å². The van der Waals surface area contributed by atoms with Crippen LogP contribution in [-0.4, -0.2) is 38.9 Å². The van der Waals surface area contributed by atoms with E-state index in [1.165, 1.54) is 0 Å². The molecule has 1 amide bonds. The van der Waals surface area contributed by atoms with Crippen molar-refractivity contribution in [3.05, 3.63) is 53.1 Å². The topological polar surface area (TPSA) is 77.0 Å². The summed E-state index contributed by atoms with van der Waals surface area (Å²) in [7, 11) is 4.79. The molecule has 6 nitrogen and oxygen atoms in total. The summed E-state index contributed by atoms with van der Waals surface area (Å²) in [5, 5.41) is 14.1. The van der Waals surface area contributed by atoms with Crippen LogP contribution in [-0.2, 0) is 16.8 Å². The summed E-state index contributed by atoms with van der Waals surface area (Å²) in [5.74, 6) is 1.99. The number of methoxy groups -OCH3 is 3. The second-order valence-corrected chi connectivity index (χ2v) is 7.55. The van der Waals surface area contributed by atoms with E-state index in [-0.39, 0.29) is 18.4 Å². The summed E-state index contributed by atoms with van der Waals surface area (Å²) in [6, 6.07) is 11.4. The van der Waals surface area contributed by atoms with Crippen LogP contribution in [0.3, 0.4) is 0 Å². The highest BCUT2D eigenvalue weighted by Gasteiger charge is 2.38. The smallest absolute Gasteiger partial charge is 0.220 e. The van der Waals surface area contributed by atoms with Gasteiger partial charge in [0.05, 0.1) is 27.9 Å². The van der Waals surface area contributed by atoms with Gasteiger partial charge >= 0.3 is 0 Å². The summed E-state index contributed by atoms with van der Waals surface area (Å²) in [5.41, 5.74) is 1.78. The minimum Gasteiger partial charge on any atom is -0.497 e. The molecule has 6 heteroatoms. The second-order valence-electron chi connectivity index (χ2n) is 7.55. The van der Waals surface area contributed by atoms with Crippen LogP contribution in [0.25, 0.3) is 0 Å². The van der Waals surface area contributed by atoms with Crippen LogP contribution in [0.5, 0.6) is 17.2 Å². The Kier molecular flexibility index (Phi) is 6.33. The zero-order valence-corrected chi connectivity index (χ0v) is 17.5. The zero-order valence-electron chi connectivity index (χ0n) is 17.5. The zero-order chi connectivity index (χ0) is 21.0.